The molecule has 0 aliphatic carbocycles. The number of hydrogen-bond donors (Lipinski definition) is 6. The lowest BCUT2D eigenvalue weighted by molar-refractivity contribution is -0.142. The largest absolute Gasteiger partial charge is 0.508 e. The number of aliphatic hydroxyl groups is 1. The van der Waals surface area contributed by atoms with Gasteiger partial charge in [-0.15, -0.1) is 0 Å². The summed E-state index contributed by atoms with van der Waals surface area (Å²) in [4.78, 5) is 36.3. The Morgan fingerprint density at radius 3 is 2.00 bits per heavy atom. The van der Waals surface area contributed by atoms with E-state index in [1.54, 1.807) is 12.1 Å². The number of amides is 2. The molecule has 7 N–H and O–H groups in total. The van der Waals surface area contributed by atoms with Gasteiger partial charge in [-0.25, -0.2) is 4.79 Å². The van der Waals surface area contributed by atoms with E-state index < -0.39 is 42.0 Å². The number of carboxylic acid groups (broad SMARTS) is 1. The number of carbonyl (C=O) groups excluding carboxylic acids is 2. The molecular weight excluding hydrogens is 366 g/mol. The van der Waals surface area contributed by atoms with Crippen LogP contribution >= 0.6 is 0 Å². The predicted octanol–water partition coefficient (Wildman–Crippen LogP) is -0.257. The maximum atomic E-state index is 12.7. The van der Waals surface area contributed by atoms with Gasteiger partial charge in [0.25, 0.3) is 0 Å². The summed E-state index contributed by atoms with van der Waals surface area (Å²) in [5.41, 5.74) is 6.25. The van der Waals surface area contributed by atoms with E-state index in [2.05, 4.69) is 10.6 Å². The van der Waals surface area contributed by atoms with Crippen molar-refractivity contribution in [1.29, 1.82) is 0 Å². The van der Waals surface area contributed by atoms with Crippen LogP contribution in [0.15, 0.2) is 24.3 Å². The average Bonchev–Trinajstić information content (AvgIpc) is 2.60. The van der Waals surface area contributed by atoms with Crippen molar-refractivity contribution in [3.8, 4) is 5.75 Å². The number of aliphatic carboxylic acids is 1. The number of benzene rings is 1. The topological polar surface area (TPSA) is 162 Å². The summed E-state index contributed by atoms with van der Waals surface area (Å²) in [5, 5.41) is 33.1. The number of phenolic OH excluding ortho intramolecular Hbond substituents is 1. The summed E-state index contributed by atoms with van der Waals surface area (Å²) >= 11 is 0. The number of aliphatic hydroxyl groups excluding tert-OH is 1. The van der Waals surface area contributed by atoms with Gasteiger partial charge >= 0.3 is 5.97 Å². The van der Waals surface area contributed by atoms with Crippen LogP contribution in [0.3, 0.4) is 0 Å². The molecule has 0 fully saturated rings. The Labute approximate surface area is 163 Å². The summed E-state index contributed by atoms with van der Waals surface area (Å²) in [6.07, 6.45) is -0.836. The van der Waals surface area contributed by atoms with Crippen LogP contribution in [0.25, 0.3) is 0 Å². The fourth-order valence-corrected chi connectivity index (χ4v) is 2.53. The molecule has 0 saturated heterocycles. The van der Waals surface area contributed by atoms with Crippen molar-refractivity contribution in [2.75, 3.05) is 0 Å². The number of carboxylic acids is 1. The molecule has 9 nitrogen and oxygen atoms in total. The van der Waals surface area contributed by atoms with Gasteiger partial charge < -0.3 is 31.7 Å². The van der Waals surface area contributed by atoms with Gasteiger partial charge in [-0.1, -0.05) is 26.0 Å². The molecule has 0 saturated carbocycles. The molecule has 4 unspecified atom stereocenters. The highest BCUT2D eigenvalue weighted by Gasteiger charge is 2.29. The maximum absolute atomic E-state index is 12.7. The smallest absolute Gasteiger partial charge is 0.326 e. The van der Waals surface area contributed by atoms with Crippen LogP contribution in [-0.2, 0) is 20.8 Å². The molecule has 0 heterocycles. The minimum Gasteiger partial charge on any atom is -0.508 e. The van der Waals surface area contributed by atoms with Gasteiger partial charge in [0, 0.05) is 6.42 Å². The standard InChI is InChI=1S/C19H29N3O6/c1-10(2)8-15(19(27)28)22-17(25)14(21-18(26)16(20)11(3)23)9-12-4-6-13(24)7-5-12/h4-7,10-11,14-16,23-24H,8-9,20H2,1-3H3,(H,21,26)(H,22,25)(H,27,28). The fourth-order valence-electron chi connectivity index (χ4n) is 2.53. The summed E-state index contributed by atoms with van der Waals surface area (Å²) < 4.78 is 0. The third-order valence-corrected chi connectivity index (χ3v) is 4.15. The zero-order chi connectivity index (χ0) is 21.4. The first-order valence-corrected chi connectivity index (χ1v) is 9.06. The Balaban J connectivity index is 2.99. The maximum Gasteiger partial charge on any atom is 0.326 e. The Morgan fingerprint density at radius 2 is 1.54 bits per heavy atom. The first-order valence-electron chi connectivity index (χ1n) is 9.06. The highest BCUT2D eigenvalue weighted by Crippen LogP contribution is 2.12. The van der Waals surface area contributed by atoms with Crippen LogP contribution < -0.4 is 16.4 Å². The van der Waals surface area contributed by atoms with Crippen LogP contribution in [0.4, 0.5) is 0 Å². The summed E-state index contributed by atoms with van der Waals surface area (Å²) in [6.45, 7) is 5.02. The Hall–Kier alpha value is -2.65. The summed E-state index contributed by atoms with van der Waals surface area (Å²) in [5.74, 6) is -2.49. The van der Waals surface area contributed by atoms with Gasteiger partial charge in [-0.05, 0) is 37.0 Å². The molecule has 0 aromatic heterocycles. The number of nitrogens with two attached hydrogens (primary N) is 1. The number of phenols is 1. The van der Waals surface area contributed by atoms with Gasteiger partial charge in [0.1, 0.15) is 23.9 Å². The first-order chi connectivity index (χ1) is 13.0. The molecule has 156 valence electrons. The average molecular weight is 395 g/mol. The lowest BCUT2D eigenvalue weighted by Gasteiger charge is -2.24. The van der Waals surface area contributed by atoms with Gasteiger partial charge in [0.2, 0.25) is 11.8 Å². The first kappa shape index (κ1) is 23.4. The van der Waals surface area contributed by atoms with Gasteiger partial charge in [-0.2, -0.15) is 0 Å². The Bertz CT molecular complexity index is 675. The monoisotopic (exact) mass is 395 g/mol. The van der Waals surface area contributed by atoms with E-state index in [4.69, 9.17) is 5.73 Å². The van der Waals surface area contributed by atoms with Crippen molar-refractivity contribution < 1.29 is 29.7 Å². The third-order valence-electron chi connectivity index (χ3n) is 4.15. The minimum atomic E-state index is -1.24. The van der Waals surface area contributed by atoms with E-state index in [1.165, 1.54) is 19.1 Å². The Morgan fingerprint density at radius 1 is 1.00 bits per heavy atom. The lowest BCUT2D eigenvalue weighted by Crippen LogP contribution is -2.57. The normalized spacial score (nSPS) is 15.4. The van der Waals surface area contributed by atoms with Crippen LogP contribution in [0.1, 0.15) is 32.8 Å². The van der Waals surface area contributed by atoms with Crippen LogP contribution in [0.2, 0.25) is 0 Å². The van der Waals surface area contributed by atoms with Gasteiger partial charge in [0.15, 0.2) is 0 Å². The van der Waals surface area contributed by atoms with Gasteiger partial charge in [-0.3, -0.25) is 9.59 Å². The fraction of sp³-hybridized carbons (Fsp3) is 0.526. The Kier molecular flexibility index (Phi) is 8.87. The molecule has 2 amide bonds. The molecule has 0 bridgehead atoms. The van der Waals surface area contributed by atoms with E-state index in [1.807, 2.05) is 13.8 Å². The van der Waals surface area contributed by atoms with E-state index in [0.717, 1.165) is 0 Å². The lowest BCUT2D eigenvalue weighted by atomic mass is 10.0. The second kappa shape index (κ2) is 10.6. The molecular formula is C19H29N3O6. The molecule has 28 heavy (non-hydrogen) atoms. The second-order valence-electron chi connectivity index (χ2n) is 7.23. The molecule has 9 heteroatoms. The molecule has 0 radical (unpaired) electrons. The zero-order valence-corrected chi connectivity index (χ0v) is 16.3. The second-order valence-corrected chi connectivity index (χ2v) is 7.23. The molecule has 0 aliphatic rings. The van der Waals surface area contributed by atoms with Crippen LogP contribution in [0, 0.1) is 5.92 Å². The van der Waals surface area contributed by atoms with Crippen molar-refractivity contribution in [2.45, 2.75) is 57.8 Å². The van der Waals surface area contributed by atoms with E-state index in [9.17, 15) is 29.7 Å². The van der Waals surface area contributed by atoms with Crippen LogP contribution in [0.5, 0.6) is 5.75 Å². The minimum absolute atomic E-state index is 0.0372. The number of nitrogens with one attached hydrogen (secondary N) is 2. The molecule has 1 aromatic rings. The predicted molar refractivity (Wildman–Crippen MR) is 102 cm³/mol. The van der Waals surface area contributed by atoms with Crippen molar-refractivity contribution in [1.82, 2.24) is 10.6 Å². The van der Waals surface area contributed by atoms with E-state index in [-0.39, 0.29) is 24.5 Å². The van der Waals surface area contributed by atoms with Gasteiger partial charge in [0.05, 0.1) is 6.10 Å². The number of rotatable bonds is 10. The van der Waals surface area contributed by atoms with Crippen molar-refractivity contribution in [3.05, 3.63) is 29.8 Å². The van der Waals surface area contributed by atoms with Crippen LogP contribution in [-0.4, -0.2) is 57.3 Å². The van der Waals surface area contributed by atoms with Crippen molar-refractivity contribution in [3.63, 3.8) is 0 Å². The zero-order valence-electron chi connectivity index (χ0n) is 16.3. The molecule has 0 aliphatic heterocycles. The number of hydrogen-bond acceptors (Lipinski definition) is 6. The quantitative estimate of drug-likeness (QED) is 0.318. The van der Waals surface area contributed by atoms with E-state index in [0.29, 0.717) is 5.56 Å². The highest BCUT2D eigenvalue weighted by molar-refractivity contribution is 5.92. The molecule has 1 aromatic carbocycles. The molecule has 1 rings (SSSR count). The van der Waals surface area contributed by atoms with E-state index >= 15 is 0 Å². The number of aromatic hydroxyl groups is 1. The van der Waals surface area contributed by atoms with Crippen molar-refractivity contribution >= 4 is 17.8 Å². The van der Waals surface area contributed by atoms with Crippen molar-refractivity contribution in [2.24, 2.45) is 11.7 Å². The molecule has 4 atom stereocenters. The summed E-state index contributed by atoms with van der Waals surface area (Å²) in [7, 11) is 0. The highest BCUT2D eigenvalue weighted by atomic mass is 16.4. The third kappa shape index (κ3) is 7.53. The molecule has 0 spiro atoms. The number of carbonyl (C=O) groups is 3. The SMILES string of the molecule is CC(C)CC(NC(=O)C(Cc1ccc(O)cc1)NC(=O)C(N)C(C)O)C(=O)O. The summed E-state index contributed by atoms with van der Waals surface area (Å²) in [6, 6.07) is 2.60.